The molecule has 2 aromatic carbocycles. The molecule has 3 rings (SSSR count). The number of halogens is 1. The molecule has 0 radical (unpaired) electrons. The number of aromatic nitrogens is 1. The Hall–Kier alpha value is -2.08. The standard InChI is InChI=1S/C16H13ClN2O2S/c17-13-5-3-12(4-6-13)16-2-1-11-19(16)14-7-9-15(10-8-14)22(18,20)21/h1-11H,(H2,18,20,21). The largest absolute Gasteiger partial charge is 0.317 e. The number of primary sulfonamides is 1. The molecule has 1 heterocycles. The second-order valence-corrected chi connectivity index (χ2v) is 6.81. The molecule has 6 heteroatoms. The van der Waals surface area contributed by atoms with Gasteiger partial charge in [0.2, 0.25) is 10.0 Å². The van der Waals surface area contributed by atoms with E-state index < -0.39 is 10.0 Å². The van der Waals surface area contributed by atoms with Gasteiger partial charge in [0.25, 0.3) is 0 Å². The van der Waals surface area contributed by atoms with Crippen molar-refractivity contribution in [2.75, 3.05) is 0 Å². The highest BCUT2D eigenvalue weighted by molar-refractivity contribution is 7.89. The van der Waals surface area contributed by atoms with Crippen LogP contribution < -0.4 is 5.14 Å². The number of hydrogen-bond donors (Lipinski definition) is 1. The van der Waals surface area contributed by atoms with Crippen molar-refractivity contribution in [1.82, 2.24) is 4.57 Å². The summed E-state index contributed by atoms with van der Waals surface area (Å²) in [5, 5.41) is 5.79. The van der Waals surface area contributed by atoms with Crippen LogP contribution in [0, 0.1) is 0 Å². The van der Waals surface area contributed by atoms with E-state index in [4.69, 9.17) is 16.7 Å². The Morgan fingerprint density at radius 1 is 0.909 bits per heavy atom. The van der Waals surface area contributed by atoms with E-state index in [1.54, 1.807) is 12.1 Å². The summed E-state index contributed by atoms with van der Waals surface area (Å²) in [6, 6.07) is 17.9. The fourth-order valence-electron chi connectivity index (χ4n) is 2.26. The molecule has 0 saturated carbocycles. The lowest BCUT2D eigenvalue weighted by Crippen LogP contribution is -2.12. The number of benzene rings is 2. The van der Waals surface area contributed by atoms with Crippen molar-refractivity contribution in [1.29, 1.82) is 0 Å². The maximum absolute atomic E-state index is 11.3. The number of nitrogens with two attached hydrogens (primary N) is 1. The summed E-state index contributed by atoms with van der Waals surface area (Å²) in [6.45, 7) is 0. The summed E-state index contributed by atoms with van der Waals surface area (Å²) in [5.74, 6) is 0. The van der Waals surface area contributed by atoms with E-state index in [1.807, 2.05) is 47.2 Å². The zero-order valence-electron chi connectivity index (χ0n) is 11.5. The first-order chi connectivity index (χ1) is 10.4. The highest BCUT2D eigenvalue weighted by Crippen LogP contribution is 2.25. The van der Waals surface area contributed by atoms with E-state index in [0.29, 0.717) is 5.02 Å². The predicted octanol–water partition coefficient (Wildman–Crippen LogP) is 3.45. The SMILES string of the molecule is NS(=O)(=O)c1ccc(-n2cccc2-c2ccc(Cl)cc2)cc1. The van der Waals surface area contributed by atoms with Crippen LogP contribution in [0.2, 0.25) is 5.02 Å². The van der Waals surface area contributed by atoms with Crippen molar-refractivity contribution in [2.45, 2.75) is 4.90 Å². The molecule has 0 aliphatic rings. The highest BCUT2D eigenvalue weighted by atomic mass is 35.5. The van der Waals surface area contributed by atoms with Gasteiger partial charge < -0.3 is 4.57 Å². The second-order valence-electron chi connectivity index (χ2n) is 4.81. The first-order valence-electron chi connectivity index (χ1n) is 6.52. The van der Waals surface area contributed by atoms with Gasteiger partial charge >= 0.3 is 0 Å². The van der Waals surface area contributed by atoms with Crippen molar-refractivity contribution >= 4 is 21.6 Å². The Bertz CT molecular complexity index is 898. The molecule has 112 valence electrons. The maximum Gasteiger partial charge on any atom is 0.238 e. The lowest BCUT2D eigenvalue weighted by atomic mass is 10.1. The molecule has 0 aliphatic carbocycles. The zero-order chi connectivity index (χ0) is 15.7. The fourth-order valence-corrected chi connectivity index (χ4v) is 2.90. The van der Waals surface area contributed by atoms with Gasteiger partial charge in [0.1, 0.15) is 0 Å². The predicted molar refractivity (Wildman–Crippen MR) is 87.6 cm³/mol. The summed E-state index contributed by atoms with van der Waals surface area (Å²) in [4.78, 5) is 0.0939. The maximum atomic E-state index is 11.3. The van der Waals surface area contributed by atoms with E-state index in [2.05, 4.69) is 0 Å². The molecule has 0 atom stereocenters. The van der Waals surface area contributed by atoms with Gasteiger partial charge in [-0.1, -0.05) is 23.7 Å². The summed E-state index contributed by atoms with van der Waals surface area (Å²) < 4.78 is 24.6. The smallest absolute Gasteiger partial charge is 0.238 e. The first kappa shape index (κ1) is 14.8. The third-order valence-electron chi connectivity index (χ3n) is 3.33. The summed E-state index contributed by atoms with van der Waals surface area (Å²) in [5.41, 5.74) is 2.85. The van der Waals surface area contributed by atoms with Crippen molar-refractivity contribution in [3.05, 3.63) is 71.9 Å². The normalized spacial score (nSPS) is 11.5. The molecule has 3 aromatic rings. The minimum absolute atomic E-state index is 0.0939. The molecule has 0 saturated heterocycles. The lowest BCUT2D eigenvalue weighted by molar-refractivity contribution is 0.598. The van der Waals surface area contributed by atoms with Gasteiger partial charge in [-0.3, -0.25) is 0 Å². The van der Waals surface area contributed by atoms with Gasteiger partial charge in [-0.15, -0.1) is 0 Å². The highest BCUT2D eigenvalue weighted by Gasteiger charge is 2.09. The van der Waals surface area contributed by atoms with Crippen LogP contribution in [0.4, 0.5) is 0 Å². The van der Waals surface area contributed by atoms with Crippen molar-refractivity contribution < 1.29 is 8.42 Å². The molecule has 0 bridgehead atoms. The molecule has 0 spiro atoms. The number of nitrogens with zero attached hydrogens (tertiary/aromatic N) is 1. The van der Waals surface area contributed by atoms with Crippen LogP contribution in [-0.2, 0) is 10.0 Å². The molecule has 1 aromatic heterocycles. The van der Waals surface area contributed by atoms with Gasteiger partial charge in [0.15, 0.2) is 0 Å². The van der Waals surface area contributed by atoms with Crippen LogP contribution >= 0.6 is 11.6 Å². The topological polar surface area (TPSA) is 65.1 Å². The number of hydrogen-bond acceptors (Lipinski definition) is 2. The first-order valence-corrected chi connectivity index (χ1v) is 8.44. The quantitative estimate of drug-likeness (QED) is 0.798. The molecule has 4 nitrogen and oxygen atoms in total. The van der Waals surface area contributed by atoms with Crippen molar-refractivity contribution in [2.24, 2.45) is 5.14 Å². The average molecular weight is 333 g/mol. The minimum Gasteiger partial charge on any atom is -0.317 e. The van der Waals surface area contributed by atoms with E-state index in [1.165, 1.54) is 12.1 Å². The molecule has 2 N–H and O–H groups in total. The lowest BCUT2D eigenvalue weighted by Gasteiger charge is -2.10. The molecule has 0 amide bonds. The van der Waals surface area contributed by atoms with Gasteiger partial charge in [0.05, 0.1) is 10.6 Å². The Kier molecular flexibility index (Phi) is 3.78. The van der Waals surface area contributed by atoms with E-state index >= 15 is 0 Å². The molecular formula is C16H13ClN2O2S. The van der Waals surface area contributed by atoms with Gasteiger partial charge in [-0.25, -0.2) is 13.6 Å². The van der Waals surface area contributed by atoms with Gasteiger partial charge in [0, 0.05) is 16.9 Å². The molecular weight excluding hydrogens is 320 g/mol. The third kappa shape index (κ3) is 2.92. The second kappa shape index (κ2) is 5.61. The molecule has 0 fully saturated rings. The summed E-state index contributed by atoms with van der Waals surface area (Å²) >= 11 is 5.91. The monoisotopic (exact) mass is 332 g/mol. The fraction of sp³-hybridized carbons (Fsp3) is 0. The van der Waals surface area contributed by atoms with E-state index in [9.17, 15) is 8.42 Å². The molecule has 22 heavy (non-hydrogen) atoms. The Morgan fingerprint density at radius 3 is 2.14 bits per heavy atom. The van der Waals surface area contributed by atoms with Crippen molar-refractivity contribution in [3.8, 4) is 16.9 Å². The average Bonchev–Trinajstić information content (AvgIpc) is 2.97. The number of rotatable bonds is 3. The van der Waals surface area contributed by atoms with E-state index in [0.717, 1.165) is 16.9 Å². The Labute approximate surface area is 133 Å². The van der Waals surface area contributed by atoms with E-state index in [-0.39, 0.29) is 4.90 Å². The summed E-state index contributed by atoms with van der Waals surface area (Å²) in [6.07, 6.45) is 1.91. The van der Waals surface area contributed by atoms with Crippen LogP contribution in [0.1, 0.15) is 0 Å². The summed E-state index contributed by atoms with van der Waals surface area (Å²) in [7, 11) is -3.68. The van der Waals surface area contributed by atoms with Crippen LogP contribution in [0.5, 0.6) is 0 Å². The van der Waals surface area contributed by atoms with Crippen LogP contribution in [0.15, 0.2) is 71.8 Å². The third-order valence-corrected chi connectivity index (χ3v) is 4.51. The zero-order valence-corrected chi connectivity index (χ0v) is 13.1. The van der Waals surface area contributed by atoms with Gasteiger partial charge in [-0.2, -0.15) is 0 Å². The van der Waals surface area contributed by atoms with Gasteiger partial charge in [-0.05, 0) is 54.1 Å². The minimum atomic E-state index is -3.68. The Morgan fingerprint density at radius 2 is 1.55 bits per heavy atom. The molecule has 0 aliphatic heterocycles. The number of sulfonamides is 1. The van der Waals surface area contributed by atoms with Crippen LogP contribution in [0.25, 0.3) is 16.9 Å². The Balaban J connectivity index is 2.03. The van der Waals surface area contributed by atoms with Crippen LogP contribution in [-0.4, -0.2) is 13.0 Å². The van der Waals surface area contributed by atoms with Crippen molar-refractivity contribution in [3.63, 3.8) is 0 Å². The molecule has 0 unspecified atom stereocenters. The van der Waals surface area contributed by atoms with Crippen LogP contribution in [0.3, 0.4) is 0 Å².